The van der Waals surface area contributed by atoms with Gasteiger partial charge in [-0.3, -0.25) is 4.79 Å². The van der Waals surface area contributed by atoms with Crippen LogP contribution in [0.15, 0.2) is 12.2 Å². The normalized spacial score (nSPS) is 12.4. The van der Waals surface area contributed by atoms with Gasteiger partial charge in [0.2, 0.25) is 6.29 Å². The van der Waals surface area contributed by atoms with E-state index < -0.39 is 18.2 Å². The third-order valence-corrected chi connectivity index (χ3v) is 2.59. The first-order valence-electron chi connectivity index (χ1n) is 7.10. The number of allylic oxidation sites excluding steroid dienone is 1. The predicted molar refractivity (Wildman–Crippen MR) is 74.5 cm³/mol. The van der Waals surface area contributed by atoms with Crippen molar-refractivity contribution in [3.8, 4) is 0 Å². The quantitative estimate of drug-likeness (QED) is 0.262. The maximum absolute atomic E-state index is 11.3. The Hall–Kier alpha value is -1.32. The van der Waals surface area contributed by atoms with Crippen LogP contribution in [0.3, 0.4) is 0 Å². The first-order chi connectivity index (χ1) is 9.06. The highest BCUT2D eigenvalue weighted by molar-refractivity contribution is 5.82. The Kier molecular flexibility index (Phi) is 10.9. The standard InChI is InChI=1S/C15H26O4/c1-4-5-6-7-8-9-10-11-12-15(17)19-14(3)18-13(2)16/h11-12,14H,4-10H2,1-3H3/b12-11+. The van der Waals surface area contributed by atoms with Crippen molar-refractivity contribution in [3.63, 3.8) is 0 Å². The number of hydrogen-bond acceptors (Lipinski definition) is 4. The van der Waals surface area contributed by atoms with Crippen molar-refractivity contribution in [2.75, 3.05) is 0 Å². The zero-order chi connectivity index (χ0) is 14.5. The van der Waals surface area contributed by atoms with Crippen molar-refractivity contribution in [1.29, 1.82) is 0 Å². The predicted octanol–water partition coefficient (Wildman–Crippen LogP) is 3.75. The summed E-state index contributed by atoms with van der Waals surface area (Å²) in [6, 6.07) is 0. The molecule has 0 radical (unpaired) electrons. The molecule has 1 unspecified atom stereocenters. The monoisotopic (exact) mass is 270 g/mol. The Morgan fingerprint density at radius 1 is 1.05 bits per heavy atom. The van der Waals surface area contributed by atoms with E-state index >= 15 is 0 Å². The van der Waals surface area contributed by atoms with E-state index in [2.05, 4.69) is 11.7 Å². The fraction of sp³-hybridized carbons (Fsp3) is 0.733. The minimum absolute atomic E-state index is 0.462. The molecule has 4 heteroatoms. The van der Waals surface area contributed by atoms with Crippen LogP contribution >= 0.6 is 0 Å². The SMILES string of the molecule is CCCCCCCC/C=C/C(=O)OC(C)OC(C)=O. The van der Waals surface area contributed by atoms with Crippen LogP contribution in [0, 0.1) is 0 Å². The van der Waals surface area contributed by atoms with Gasteiger partial charge in [-0.25, -0.2) is 4.79 Å². The molecule has 0 aromatic heterocycles. The summed E-state index contributed by atoms with van der Waals surface area (Å²) in [4.78, 5) is 21.9. The van der Waals surface area contributed by atoms with Crippen molar-refractivity contribution >= 4 is 11.9 Å². The highest BCUT2D eigenvalue weighted by Crippen LogP contribution is 2.07. The van der Waals surface area contributed by atoms with Crippen LogP contribution in [0.5, 0.6) is 0 Å². The maximum atomic E-state index is 11.3. The molecule has 110 valence electrons. The third kappa shape index (κ3) is 12.9. The molecule has 0 aliphatic carbocycles. The molecular formula is C15H26O4. The molecule has 0 bridgehead atoms. The van der Waals surface area contributed by atoms with Crippen LogP contribution in [-0.4, -0.2) is 18.2 Å². The van der Waals surface area contributed by atoms with Crippen LogP contribution < -0.4 is 0 Å². The Balaban J connectivity index is 3.54. The fourth-order valence-corrected chi connectivity index (χ4v) is 1.68. The molecule has 0 heterocycles. The third-order valence-electron chi connectivity index (χ3n) is 2.59. The first-order valence-corrected chi connectivity index (χ1v) is 7.10. The average molecular weight is 270 g/mol. The Morgan fingerprint density at radius 3 is 2.32 bits per heavy atom. The molecule has 0 amide bonds. The number of hydrogen-bond donors (Lipinski definition) is 0. The van der Waals surface area contributed by atoms with Gasteiger partial charge in [-0.05, 0) is 12.8 Å². The summed E-state index contributed by atoms with van der Waals surface area (Å²) in [5.74, 6) is -0.934. The molecule has 0 aliphatic heterocycles. The van der Waals surface area contributed by atoms with Crippen LogP contribution in [0.2, 0.25) is 0 Å². The van der Waals surface area contributed by atoms with Crippen LogP contribution in [-0.2, 0) is 19.1 Å². The molecular weight excluding hydrogens is 244 g/mol. The van der Waals surface area contributed by atoms with E-state index in [4.69, 9.17) is 4.74 Å². The molecule has 0 rings (SSSR count). The summed E-state index contributed by atoms with van der Waals surface area (Å²) in [5, 5.41) is 0. The largest absolute Gasteiger partial charge is 0.426 e. The molecule has 0 fully saturated rings. The lowest BCUT2D eigenvalue weighted by molar-refractivity contribution is -0.179. The van der Waals surface area contributed by atoms with Crippen LogP contribution in [0.25, 0.3) is 0 Å². The molecule has 0 N–H and O–H groups in total. The minimum atomic E-state index is -0.830. The zero-order valence-corrected chi connectivity index (χ0v) is 12.3. The summed E-state index contributed by atoms with van der Waals surface area (Å²) in [7, 11) is 0. The molecule has 19 heavy (non-hydrogen) atoms. The van der Waals surface area contributed by atoms with E-state index in [0.29, 0.717) is 0 Å². The van der Waals surface area contributed by atoms with Crippen molar-refractivity contribution in [3.05, 3.63) is 12.2 Å². The number of ether oxygens (including phenoxy) is 2. The lowest BCUT2D eigenvalue weighted by Gasteiger charge is -2.10. The van der Waals surface area contributed by atoms with Gasteiger partial charge < -0.3 is 9.47 Å². The maximum Gasteiger partial charge on any atom is 0.333 e. The Bertz CT molecular complexity index is 284. The molecule has 0 spiro atoms. The summed E-state index contributed by atoms with van der Waals surface area (Å²) < 4.78 is 9.54. The van der Waals surface area contributed by atoms with Crippen molar-refractivity contribution in [2.45, 2.75) is 72.0 Å². The fourth-order valence-electron chi connectivity index (χ4n) is 1.68. The van der Waals surface area contributed by atoms with Crippen LogP contribution in [0.4, 0.5) is 0 Å². The van der Waals surface area contributed by atoms with E-state index in [1.165, 1.54) is 52.0 Å². The van der Waals surface area contributed by atoms with Gasteiger partial charge in [-0.2, -0.15) is 0 Å². The molecule has 0 aromatic rings. The lowest BCUT2D eigenvalue weighted by Crippen LogP contribution is -2.19. The Morgan fingerprint density at radius 2 is 1.68 bits per heavy atom. The summed E-state index contributed by atoms with van der Waals surface area (Å²) in [6.07, 6.45) is 10.7. The van der Waals surface area contributed by atoms with Gasteiger partial charge in [0.15, 0.2) is 0 Å². The molecule has 0 aliphatic rings. The highest BCUT2D eigenvalue weighted by atomic mass is 16.7. The van der Waals surface area contributed by atoms with Gasteiger partial charge in [0, 0.05) is 19.9 Å². The van der Waals surface area contributed by atoms with Crippen molar-refractivity contribution in [1.82, 2.24) is 0 Å². The molecule has 0 aromatic carbocycles. The van der Waals surface area contributed by atoms with E-state index in [9.17, 15) is 9.59 Å². The van der Waals surface area contributed by atoms with Crippen molar-refractivity contribution < 1.29 is 19.1 Å². The van der Waals surface area contributed by atoms with E-state index in [1.54, 1.807) is 0 Å². The molecule has 0 saturated carbocycles. The summed E-state index contributed by atoms with van der Waals surface area (Å²) >= 11 is 0. The number of carbonyl (C=O) groups is 2. The molecule has 0 saturated heterocycles. The van der Waals surface area contributed by atoms with Gasteiger partial charge in [-0.15, -0.1) is 0 Å². The molecule has 4 nitrogen and oxygen atoms in total. The van der Waals surface area contributed by atoms with Gasteiger partial charge in [0.05, 0.1) is 0 Å². The summed E-state index contributed by atoms with van der Waals surface area (Å²) in [5.41, 5.74) is 0. The van der Waals surface area contributed by atoms with Crippen LogP contribution in [0.1, 0.15) is 65.7 Å². The van der Waals surface area contributed by atoms with Gasteiger partial charge in [0.25, 0.3) is 0 Å². The highest BCUT2D eigenvalue weighted by Gasteiger charge is 2.08. The number of unbranched alkanes of at least 4 members (excludes halogenated alkanes) is 6. The topological polar surface area (TPSA) is 52.6 Å². The number of esters is 2. The van der Waals surface area contributed by atoms with E-state index in [1.807, 2.05) is 6.08 Å². The zero-order valence-electron chi connectivity index (χ0n) is 12.3. The lowest BCUT2D eigenvalue weighted by atomic mass is 10.1. The second-order valence-electron chi connectivity index (χ2n) is 4.57. The number of rotatable bonds is 10. The van der Waals surface area contributed by atoms with E-state index in [-0.39, 0.29) is 0 Å². The van der Waals surface area contributed by atoms with Crippen molar-refractivity contribution in [2.24, 2.45) is 0 Å². The molecule has 1 atom stereocenters. The Labute approximate surface area is 116 Å². The van der Waals surface area contributed by atoms with Gasteiger partial charge >= 0.3 is 11.9 Å². The van der Waals surface area contributed by atoms with Gasteiger partial charge in [0.1, 0.15) is 0 Å². The second kappa shape index (κ2) is 11.8. The first kappa shape index (κ1) is 17.7. The van der Waals surface area contributed by atoms with Gasteiger partial charge in [-0.1, -0.05) is 45.1 Å². The number of carbonyl (C=O) groups excluding carboxylic acids is 2. The smallest absolute Gasteiger partial charge is 0.333 e. The average Bonchev–Trinajstić information content (AvgIpc) is 2.31. The summed E-state index contributed by atoms with van der Waals surface area (Å²) in [6.45, 7) is 4.99. The van der Waals surface area contributed by atoms with E-state index in [0.717, 1.165) is 12.8 Å². The minimum Gasteiger partial charge on any atom is -0.426 e. The second-order valence-corrected chi connectivity index (χ2v) is 4.57.